The third-order valence-electron chi connectivity index (χ3n) is 3.10. The molecule has 0 radical (unpaired) electrons. The van der Waals surface area contributed by atoms with Crippen LogP contribution in [0.5, 0.6) is 0 Å². The number of hydrogen-bond acceptors (Lipinski definition) is 5. The van der Waals surface area contributed by atoms with Gasteiger partial charge in [0.1, 0.15) is 0 Å². The Hall–Kier alpha value is -1.37. The van der Waals surface area contributed by atoms with Crippen molar-refractivity contribution in [3.8, 4) is 0 Å². The van der Waals surface area contributed by atoms with E-state index in [1.165, 1.54) is 0 Å². The normalized spacial score (nSPS) is 12.1. The smallest absolute Gasteiger partial charge is 0.251 e. The topological polar surface area (TPSA) is 62.2 Å². The van der Waals surface area contributed by atoms with Gasteiger partial charge in [0.15, 0.2) is 0 Å². The first-order chi connectivity index (χ1) is 10.6. The Morgan fingerprint density at radius 3 is 2.73 bits per heavy atom. The van der Waals surface area contributed by atoms with Crippen LogP contribution < -0.4 is 5.32 Å². The molecule has 2 N–H and O–H groups in total. The zero-order chi connectivity index (χ0) is 15.9. The molecule has 1 heterocycles. The number of aromatic nitrogens is 1. The lowest BCUT2D eigenvalue weighted by molar-refractivity contribution is 0.0951. The Morgan fingerprint density at radius 1 is 1.41 bits per heavy atom. The molecule has 1 amide bonds. The molecule has 2 aromatic rings. The van der Waals surface area contributed by atoms with Crippen molar-refractivity contribution >= 4 is 29.0 Å². The van der Waals surface area contributed by atoms with Gasteiger partial charge >= 0.3 is 0 Å². The van der Waals surface area contributed by atoms with Crippen molar-refractivity contribution in [3.63, 3.8) is 0 Å². The van der Waals surface area contributed by atoms with Gasteiger partial charge in [-0.1, -0.05) is 6.92 Å². The summed E-state index contributed by atoms with van der Waals surface area (Å²) in [4.78, 5) is 17.6. The summed E-state index contributed by atoms with van der Waals surface area (Å²) in [6.45, 7) is 4.77. The third-order valence-corrected chi connectivity index (χ3v) is 5.29. The molecule has 0 spiro atoms. The molecule has 6 heteroatoms. The fourth-order valence-corrected chi connectivity index (χ4v) is 3.41. The molecule has 2 rings (SSSR count). The number of amides is 1. The predicted molar refractivity (Wildman–Crippen MR) is 91.9 cm³/mol. The first kappa shape index (κ1) is 17.0. The molecule has 1 aromatic carbocycles. The van der Waals surface area contributed by atoms with Crippen molar-refractivity contribution in [1.82, 2.24) is 10.3 Å². The Balaban J connectivity index is 1.86. The summed E-state index contributed by atoms with van der Waals surface area (Å²) in [6, 6.07) is 7.44. The van der Waals surface area contributed by atoms with E-state index in [-0.39, 0.29) is 18.4 Å². The fourth-order valence-electron chi connectivity index (χ4n) is 1.90. The van der Waals surface area contributed by atoms with Gasteiger partial charge in [0.25, 0.3) is 5.91 Å². The van der Waals surface area contributed by atoms with Gasteiger partial charge in [0.05, 0.1) is 11.6 Å². The standard InChI is InChI=1S/C16H20N2O2S2/c1-11(16-18-12(2)10-22-16)9-17-15(20)13-3-5-14(6-4-13)21-8-7-19/h3-6,10-11,19H,7-9H2,1-2H3,(H,17,20). The SMILES string of the molecule is Cc1csc(C(C)CNC(=O)c2ccc(SCCO)cc2)n1. The van der Waals surface area contributed by atoms with Gasteiger partial charge in [-0.3, -0.25) is 4.79 Å². The van der Waals surface area contributed by atoms with Gasteiger partial charge in [-0.25, -0.2) is 4.98 Å². The molecule has 0 aliphatic heterocycles. The lowest BCUT2D eigenvalue weighted by Crippen LogP contribution is -2.27. The first-order valence-corrected chi connectivity index (χ1v) is 9.00. The molecule has 0 aliphatic rings. The highest BCUT2D eigenvalue weighted by atomic mass is 32.2. The van der Waals surface area contributed by atoms with Crippen LogP contribution in [0, 0.1) is 6.92 Å². The maximum Gasteiger partial charge on any atom is 0.251 e. The number of aryl methyl sites for hydroxylation is 1. The zero-order valence-electron chi connectivity index (χ0n) is 12.7. The van der Waals surface area contributed by atoms with E-state index in [2.05, 4.69) is 17.2 Å². The Kier molecular flexibility index (Phi) is 6.42. The molecule has 118 valence electrons. The molecular weight excluding hydrogens is 316 g/mol. The van der Waals surface area contributed by atoms with Crippen LogP contribution >= 0.6 is 23.1 Å². The quantitative estimate of drug-likeness (QED) is 0.763. The number of carbonyl (C=O) groups excluding carboxylic acids is 1. The van der Waals surface area contributed by atoms with Crippen molar-refractivity contribution < 1.29 is 9.90 Å². The van der Waals surface area contributed by atoms with Crippen LogP contribution in [0.15, 0.2) is 34.5 Å². The predicted octanol–water partition coefficient (Wildman–Crippen LogP) is 3.07. The number of nitrogens with one attached hydrogen (secondary N) is 1. The Bertz CT molecular complexity index is 611. The van der Waals surface area contributed by atoms with Gasteiger partial charge < -0.3 is 10.4 Å². The molecular formula is C16H20N2O2S2. The molecule has 1 aromatic heterocycles. The second-order valence-electron chi connectivity index (χ2n) is 5.03. The number of carbonyl (C=O) groups is 1. The Morgan fingerprint density at radius 2 is 2.14 bits per heavy atom. The molecule has 1 unspecified atom stereocenters. The molecule has 0 fully saturated rings. The summed E-state index contributed by atoms with van der Waals surface area (Å²) >= 11 is 3.20. The highest BCUT2D eigenvalue weighted by Gasteiger charge is 2.12. The minimum absolute atomic E-state index is 0.0705. The van der Waals surface area contributed by atoms with E-state index in [0.717, 1.165) is 15.6 Å². The number of thiazole rings is 1. The second kappa shape index (κ2) is 8.31. The molecule has 1 atom stereocenters. The lowest BCUT2D eigenvalue weighted by atomic mass is 10.1. The van der Waals surface area contributed by atoms with Crippen molar-refractivity contribution in [2.24, 2.45) is 0 Å². The second-order valence-corrected chi connectivity index (χ2v) is 7.09. The van der Waals surface area contributed by atoms with Crippen molar-refractivity contribution in [1.29, 1.82) is 0 Å². The van der Waals surface area contributed by atoms with Crippen LogP contribution in [0.25, 0.3) is 0 Å². The highest BCUT2D eigenvalue weighted by Crippen LogP contribution is 2.20. The number of thioether (sulfide) groups is 1. The van der Waals surface area contributed by atoms with E-state index in [0.29, 0.717) is 17.9 Å². The van der Waals surface area contributed by atoms with Gasteiger partial charge in [-0.2, -0.15) is 0 Å². The number of rotatable bonds is 7. The van der Waals surface area contributed by atoms with Crippen LogP contribution in [-0.4, -0.2) is 34.9 Å². The largest absolute Gasteiger partial charge is 0.396 e. The Labute approximate surface area is 139 Å². The maximum absolute atomic E-state index is 12.1. The summed E-state index contributed by atoms with van der Waals surface area (Å²) in [7, 11) is 0. The average molecular weight is 336 g/mol. The third kappa shape index (κ3) is 4.83. The van der Waals surface area contributed by atoms with Crippen LogP contribution in [0.4, 0.5) is 0 Å². The van der Waals surface area contributed by atoms with E-state index in [9.17, 15) is 4.79 Å². The van der Waals surface area contributed by atoms with E-state index < -0.39 is 0 Å². The molecule has 0 bridgehead atoms. The summed E-state index contributed by atoms with van der Waals surface area (Å²) in [5, 5.41) is 14.8. The van der Waals surface area contributed by atoms with Gasteiger partial charge in [-0.15, -0.1) is 23.1 Å². The zero-order valence-corrected chi connectivity index (χ0v) is 14.3. The van der Waals surface area contributed by atoms with Crippen molar-refractivity contribution in [3.05, 3.63) is 45.9 Å². The van der Waals surface area contributed by atoms with E-state index in [4.69, 9.17) is 5.11 Å². The number of nitrogens with zero attached hydrogens (tertiary/aromatic N) is 1. The number of aliphatic hydroxyl groups excluding tert-OH is 1. The maximum atomic E-state index is 12.1. The summed E-state index contributed by atoms with van der Waals surface area (Å²) in [6.07, 6.45) is 0. The van der Waals surface area contributed by atoms with Gasteiger partial charge in [0.2, 0.25) is 0 Å². The van der Waals surface area contributed by atoms with Crippen molar-refractivity contribution in [2.45, 2.75) is 24.7 Å². The monoisotopic (exact) mass is 336 g/mol. The minimum atomic E-state index is -0.0705. The average Bonchev–Trinajstić information content (AvgIpc) is 2.97. The lowest BCUT2D eigenvalue weighted by Gasteiger charge is -2.10. The summed E-state index contributed by atoms with van der Waals surface area (Å²) in [5.41, 5.74) is 1.67. The number of hydrogen-bond donors (Lipinski definition) is 2. The highest BCUT2D eigenvalue weighted by molar-refractivity contribution is 7.99. The molecule has 22 heavy (non-hydrogen) atoms. The molecule has 0 saturated carbocycles. The van der Waals surface area contributed by atoms with Crippen LogP contribution in [0.3, 0.4) is 0 Å². The molecule has 4 nitrogen and oxygen atoms in total. The van der Waals surface area contributed by atoms with Gasteiger partial charge in [0, 0.05) is 39.7 Å². The summed E-state index contributed by atoms with van der Waals surface area (Å²) in [5.74, 6) is 0.803. The van der Waals surface area contributed by atoms with Crippen LogP contribution in [-0.2, 0) is 0 Å². The first-order valence-electron chi connectivity index (χ1n) is 7.14. The molecule has 0 saturated heterocycles. The molecule has 0 aliphatic carbocycles. The van der Waals surface area contributed by atoms with Crippen LogP contribution in [0.1, 0.15) is 33.9 Å². The van der Waals surface area contributed by atoms with Crippen molar-refractivity contribution in [2.75, 3.05) is 18.9 Å². The van der Waals surface area contributed by atoms with Crippen LogP contribution in [0.2, 0.25) is 0 Å². The summed E-state index contributed by atoms with van der Waals surface area (Å²) < 4.78 is 0. The van der Waals surface area contributed by atoms with E-state index in [1.54, 1.807) is 23.1 Å². The fraction of sp³-hybridized carbons (Fsp3) is 0.375. The van der Waals surface area contributed by atoms with Gasteiger partial charge in [-0.05, 0) is 31.2 Å². The minimum Gasteiger partial charge on any atom is -0.396 e. The van der Waals surface area contributed by atoms with E-state index >= 15 is 0 Å². The number of aliphatic hydroxyl groups is 1. The van der Waals surface area contributed by atoms with E-state index in [1.807, 2.05) is 36.6 Å². The number of benzene rings is 1.